The van der Waals surface area contributed by atoms with Gasteiger partial charge in [0.05, 0.1) is 22.1 Å². The van der Waals surface area contributed by atoms with Crippen molar-refractivity contribution < 1.29 is 22.7 Å². The van der Waals surface area contributed by atoms with E-state index in [1.165, 1.54) is 9.21 Å². The van der Waals surface area contributed by atoms with Crippen LogP contribution in [-0.4, -0.2) is 46.8 Å². The molecule has 9 heteroatoms. The Morgan fingerprint density at radius 3 is 2.37 bits per heavy atom. The van der Waals surface area contributed by atoms with Crippen LogP contribution in [0.5, 0.6) is 5.75 Å². The highest BCUT2D eigenvalue weighted by molar-refractivity contribution is 7.89. The number of para-hydroxylation sites is 2. The third kappa shape index (κ3) is 4.67. The first-order valence-corrected chi connectivity index (χ1v) is 14.9. The monoisotopic (exact) mass is 567 g/mol. The van der Waals surface area contributed by atoms with Gasteiger partial charge in [0.1, 0.15) is 11.8 Å². The van der Waals surface area contributed by atoms with E-state index >= 15 is 0 Å². The summed E-state index contributed by atoms with van der Waals surface area (Å²) in [5, 5.41) is 0.840. The van der Waals surface area contributed by atoms with E-state index in [1.807, 2.05) is 30.3 Å². The van der Waals surface area contributed by atoms with E-state index in [2.05, 4.69) is 6.58 Å². The maximum atomic E-state index is 14.5. The van der Waals surface area contributed by atoms with Gasteiger partial charge in [-0.25, -0.2) is 13.2 Å². The Labute approximate surface area is 238 Å². The van der Waals surface area contributed by atoms with Crippen molar-refractivity contribution in [2.45, 2.75) is 36.2 Å². The van der Waals surface area contributed by atoms with E-state index in [0.29, 0.717) is 36.2 Å². The molecule has 1 aromatic heterocycles. The summed E-state index contributed by atoms with van der Waals surface area (Å²) < 4.78 is 35.8. The van der Waals surface area contributed by atoms with Gasteiger partial charge in [0.2, 0.25) is 15.9 Å². The Hall–Kier alpha value is -4.47. The molecule has 1 unspecified atom stereocenters. The van der Waals surface area contributed by atoms with Crippen molar-refractivity contribution in [1.29, 1.82) is 0 Å². The minimum absolute atomic E-state index is 0.154. The maximum absolute atomic E-state index is 14.5. The van der Waals surface area contributed by atoms with Gasteiger partial charge in [-0.05, 0) is 55.7 Å². The number of ether oxygens (including phenoxy) is 1. The normalized spacial score (nSPS) is 18.8. The number of fused-ring (bicyclic) bond motifs is 3. The van der Waals surface area contributed by atoms with Crippen LogP contribution in [0.3, 0.4) is 0 Å². The molecule has 0 radical (unpaired) electrons. The SMILES string of the molecule is C=CCC1c2c(c3ccccc3n2C(=O)[C@@H]2CCCN2S(=O)(=O)c2ccccc2)C=CN1C(=O)Oc1ccccc1. The van der Waals surface area contributed by atoms with E-state index in [9.17, 15) is 18.0 Å². The highest BCUT2D eigenvalue weighted by Crippen LogP contribution is 2.41. The second kappa shape index (κ2) is 10.8. The van der Waals surface area contributed by atoms with Crippen LogP contribution in [0, 0.1) is 0 Å². The molecule has 2 aliphatic rings. The average Bonchev–Trinajstić information content (AvgIpc) is 3.62. The maximum Gasteiger partial charge on any atom is 0.419 e. The van der Waals surface area contributed by atoms with Crippen LogP contribution in [0.25, 0.3) is 17.0 Å². The fourth-order valence-corrected chi connectivity index (χ4v) is 7.45. The number of carbonyl (C=O) groups is 2. The summed E-state index contributed by atoms with van der Waals surface area (Å²) in [5.41, 5.74) is 2.07. The molecule has 0 aliphatic carbocycles. The number of nitrogens with zero attached hydrogens (tertiary/aromatic N) is 3. The Balaban J connectivity index is 1.44. The van der Waals surface area contributed by atoms with Gasteiger partial charge in [0.25, 0.3) is 0 Å². The second-order valence-corrected chi connectivity index (χ2v) is 11.9. The minimum atomic E-state index is -3.90. The van der Waals surface area contributed by atoms with Crippen LogP contribution in [0.2, 0.25) is 0 Å². The summed E-state index contributed by atoms with van der Waals surface area (Å²) >= 11 is 0. The smallest absolute Gasteiger partial charge is 0.410 e. The Kier molecular flexibility index (Phi) is 7.07. The third-order valence-corrected chi connectivity index (χ3v) is 9.54. The predicted octanol–water partition coefficient (Wildman–Crippen LogP) is 6.24. The van der Waals surface area contributed by atoms with Crippen molar-refractivity contribution in [3.63, 3.8) is 0 Å². The molecule has 2 atom stereocenters. The van der Waals surface area contributed by atoms with Crippen molar-refractivity contribution in [2.75, 3.05) is 6.54 Å². The first-order chi connectivity index (χ1) is 19.9. The molecule has 1 fully saturated rings. The molecule has 8 nitrogen and oxygen atoms in total. The van der Waals surface area contributed by atoms with Crippen molar-refractivity contribution in [3.05, 3.63) is 115 Å². The summed E-state index contributed by atoms with van der Waals surface area (Å²) in [4.78, 5) is 29.5. The molecule has 3 heterocycles. The summed E-state index contributed by atoms with van der Waals surface area (Å²) in [6, 6.07) is 23.0. The molecular formula is C32H29N3O5S. The zero-order chi connectivity index (χ0) is 28.6. The van der Waals surface area contributed by atoms with Crippen molar-refractivity contribution in [3.8, 4) is 5.75 Å². The molecule has 2 aliphatic heterocycles. The van der Waals surface area contributed by atoms with Gasteiger partial charge in [-0.3, -0.25) is 14.3 Å². The number of hydrogen-bond donors (Lipinski definition) is 0. The number of carbonyl (C=O) groups excluding carboxylic acids is 2. The van der Waals surface area contributed by atoms with Crippen LogP contribution in [0.15, 0.2) is 109 Å². The first-order valence-electron chi connectivity index (χ1n) is 13.5. The number of hydrogen-bond acceptors (Lipinski definition) is 5. The standard InChI is InChI=1S/C32H29N3O5S/c1-2-12-28-30-26(20-22-33(28)32(37)40-23-13-5-3-6-14-23)25-17-9-10-18-27(25)35(30)31(36)29-19-11-21-34(29)41(38,39)24-15-7-4-8-16-24/h2-10,13-18,20,22,28-29H,1,11-12,19,21H2/t28?,29-/m0/s1. The van der Waals surface area contributed by atoms with Crippen molar-refractivity contribution >= 4 is 39.0 Å². The predicted molar refractivity (Wildman–Crippen MR) is 157 cm³/mol. The zero-order valence-corrected chi connectivity index (χ0v) is 23.1. The molecule has 4 aromatic rings. The number of benzene rings is 3. The van der Waals surface area contributed by atoms with Gasteiger partial charge >= 0.3 is 6.09 Å². The quantitative estimate of drug-likeness (QED) is 0.258. The largest absolute Gasteiger partial charge is 0.419 e. The lowest BCUT2D eigenvalue weighted by atomic mass is 9.99. The van der Waals surface area contributed by atoms with Crippen molar-refractivity contribution in [1.82, 2.24) is 13.8 Å². The van der Waals surface area contributed by atoms with Crippen molar-refractivity contribution in [2.24, 2.45) is 0 Å². The minimum Gasteiger partial charge on any atom is -0.410 e. The second-order valence-electron chi connectivity index (χ2n) is 10.0. The lowest BCUT2D eigenvalue weighted by molar-refractivity contribution is 0.0827. The molecule has 208 valence electrons. The van der Waals surface area contributed by atoms with Gasteiger partial charge in [-0.15, -0.1) is 6.58 Å². The fourth-order valence-electron chi connectivity index (χ4n) is 5.78. The number of amides is 1. The molecule has 1 saturated heterocycles. The Morgan fingerprint density at radius 2 is 1.63 bits per heavy atom. The molecule has 6 rings (SSSR count). The molecule has 0 N–H and O–H groups in total. The van der Waals surface area contributed by atoms with E-state index in [0.717, 1.165) is 10.9 Å². The lowest BCUT2D eigenvalue weighted by Gasteiger charge is -2.32. The molecule has 3 aromatic carbocycles. The molecule has 41 heavy (non-hydrogen) atoms. The van der Waals surface area contributed by atoms with Gasteiger partial charge in [-0.1, -0.05) is 60.7 Å². The third-order valence-electron chi connectivity index (χ3n) is 7.61. The lowest BCUT2D eigenvalue weighted by Crippen LogP contribution is -2.44. The van der Waals surface area contributed by atoms with Crippen LogP contribution < -0.4 is 4.74 Å². The average molecular weight is 568 g/mol. The van der Waals surface area contributed by atoms with Crippen LogP contribution in [-0.2, 0) is 10.0 Å². The van der Waals surface area contributed by atoms with Crippen LogP contribution in [0.1, 0.15) is 41.4 Å². The van der Waals surface area contributed by atoms with Gasteiger partial charge in [0.15, 0.2) is 0 Å². The summed E-state index contributed by atoms with van der Waals surface area (Å²) in [6.45, 7) is 4.16. The fraction of sp³-hybridized carbons (Fsp3) is 0.188. The van der Waals surface area contributed by atoms with E-state index in [-0.39, 0.29) is 17.3 Å². The van der Waals surface area contributed by atoms with E-state index in [4.69, 9.17) is 4.74 Å². The van der Waals surface area contributed by atoms with Gasteiger partial charge in [0, 0.05) is 23.7 Å². The topological polar surface area (TPSA) is 88.9 Å². The summed E-state index contributed by atoms with van der Waals surface area (Å²) in [6.07, 6.45) is 5.89. The van der Waals surface area contributed by atoms with E-state index < -0.39 is 28.2 Å². The highest BCUT2D eigenvalue weighted by atomic mass is 32.2. The summed E-state index contributed by atoms with van der Waals surface area (Å²) in [5.74, 6) is 0.0542. The number of rotatable bonds is 6. The highest BCUT2D eigenvalue weighted by Gasteiger charge is 2.43. The molecular weight excluding hydrogens is 538 g/mol. The van der Waals surface area contributed by atoms with Crippen LogP contribution >= 0.6 is 0 Å². The zero-order valence-electron chi connectivity index (χ0n) is 22.3. The van der Waals surface area contributed by atoms with Gasteiger partial charge in [-0.2, -0.15) is 4.31 Å². The first kappa shape index (κ1) is 26.7. The molecule has 0 saturated carbocycles. The van der Waals surface area contributed by atoms with Gasteiger partial charge < -0.3 is 4.74 Å². The molecule has 0 bridgehead atoms. The number of sulfonamides is 1. The molecule has 0 spiro atoms. The van der Waals surface area contributed by atoms with E-state index in [1.54, 1.807) is 77.5 Å². The number of aromatic nitrogens is 1. The Morgan fingerprint density at radius 1 is 0.951 bits per heavy atom. The van der Waals surface area contributed by atoms with Crippen LogP contribution in [0.4, 0.5) is 4.79 Å². The molecule has 1 amide bonds. The Bertz CT molecular complexity index is 1760. The summed E-state index contributed by atoms with van der Waals surface area (Å²) in [7, 11) is -3.90.